The maximum absolute atomic E-state index is 10.7. The molecule has 0 bridgehead atoms. The van der Waals surface area contributed by atoms with Gasteiger partial charge in [0.2, 0.25) is 0 Å². The van der Waals surface area contributed by atoms with Gasteiger partial charge >= 0.3 is 0 Å². The van der Waals surface area contributed by atoms with Gasteiger partial charge in [0.15, 0.2) is 0 Å². The number of rotatable bonds is 2. The molecule has 4 nitrogen and oxygen atoms in total. The Hall–Kier alpha value is -0.910. The minimum atomic E-state index is -4.19. The first-order valence-corrected chi connectivity index (χ1v) is 5.04. The molecule has 0 saturated carbocycles. The van der Waals surface area contributed by atoms with E-state index in [4.69, 9.17) is 4.55 Å². The molecule has 0 aliphatic heterocycles. The molecule has 0 aliphatic carbocycles. The highest BCUT2D eigenvalue weighted by molar-refractivity contribution is 7.85. The summed E-state index contributed by atoms with van der Waals surface area (Å²) in [6.45, 7) is 1.22. The molecule has 71 valence electrons. The molecule has 13 heavy (non-hydrogen) atoms. The first-order valence-electron chi connectivity index (χ1n) is 3.60. The van der Waals surface area contributed by atoms with Crippen LogP contribution in [0.2, 0.25) is 0 Å². The summed E-state index contributed by atoms with van der Waals surface area (Å²) in [6.07, 6.45) is 0. The summed E-state index contributed by atoms with van der Waals surface area (Å²) < 4.78 is 30.0. The van der Waals surface area contributed by atoms with Crippen LogP contribution in [0.1, 0.15) is 11.1 Å². The third-order valence-electron chi connectivity index (χ3n) is 1.77. The van der Waals surface area contributed by atoms with E-state index in [9.17, 15) is 13.5 Å². The Morgan fingerprint density at radius 1 is 1.38 bits per heavy atom. The predicted octanol–water partition coefficient (Wildman–Crippen LogP) is 1.17. The Kier molecular flexibility index (Phi) is 2.70. The third-order valence-corrected chi connectivity index (χ3v) is 2.62. The van der Waals surface area contributed by atoms with Crippen molar-refractivity contribution in [2.75, 3.05) is 0 Å². The Labute approximate surface area is 76.6 Å². The average molecular weight is 201 g/mol. The molecule has 0 aromatic heterocycles. The SMILES string of the molecule is Cc1ccc(S(=O)(=O)O)cc1C[O]. The van der Waals surface area contributed by atoms with Gasteiger partial charge < -0.3 is 0 Å². The van der Waals surface area contributed by atoms with Crippen LogP contribution in [-0.4, -0.2) is 13.0 Å². The Morgan fingerprint density at radius 3 is 2.46 bits per heavy atom. The summed E-state index contributed by atoms with van der Waals surface area (Å²) in [4.78, 5) is -0.232. The van der Waals surface area contributed by atoms with Crippen LogP contribution >= 0.6 is 0 Å². The Bertz CT molecular complexity index is 408. The zero-order chi connectivity index (χ0) is 10.1. The molecule has 0 atom stereocenters. The van der Waals surface area contributed by atoms with E-state index in [0.29, 0.717) is 5.56 Å². The number of hydrogen-bond donors (Lipinski definition) is 1. The molecule has 0 heterocycles. The topological polar surface area (TPSA) is 74.3 Å². The Balaban J connectivity index is 3.30. The zero-order valence-corrected chi connectivity index (χ0v) is 7.84. The standard InChI is InChI=1S/C8H9O4S/c1-6-2-3-8(13(10,11)12)4-7(6)5-9/h2-4H,5H2,1H3,(H,10,11,12). The van der Waals surface area contributed by atoms with Gasteiger partial charge in [-0.05, 0) is 30.2 Å². The van der Waals surface area contributed by atoms with Gasteiger partial charge in [0.25, 0.3) is 10.1 Å². The smallest absolute Gasteiger partial charge is 0.282 e. The second-order valence-corrected chi connectivity index (χ2v) is 4.13. The second kappa shape index (κ2) is 3.45. The molecule has 1 aromatic rings. The van der Waals surface area contributed by atoms with Gasteiger partial charge in [-0.1, -0.05) is 6.07 Å². The fraction of sp³-hybridized carbons (Fsp3) is 0.250. The molecular formula is C8H9O4S. The van der Waals surface area contributed by atoms with E-state index in [1.807, 2.05) is 0 Å². The second-order valence-electron chi connectivity index (χ2n) is 2.71. The molecule has 0 unspecified atom stereocenters. The molecule has 0 spiro atoms. The van der Waals surface area contributed by atoms with Gasteiger partial charge in [0.1, 0.15) is 6.61 Å². The predicted molar refractivity (Wildman–Crippen MR) is 45.4 cm³/mol. The van der Waals surface area contributed by atoms with Crippen molar-refractivity contribution in [3.05, 3.63) is 29.3 Å². The van der Waals surface area contributed by atoms with Crippen molar-refractivity contribution >= 4 is 10.1 Å². The van der Waals surface area contributed by atoms with E-state index < -0.39 is 16.7 Å². The maximum Gasteiger partial charge on any atom is 0.294 e. The van der Waals surface area contributed by atoms with Gasteiger partial charge in [0, 0.05) is 0 Å². The van der Waals surface area contributed by atoms with Crippen molar-refractivity contribution in [1.82, 2.24) is 0 Å². The number of benzene rings is 1. The largest absolute Gasteiger partial charge is 0.294 e. The lowest BCUT2D eigenvalue weighted by atomic mass is 10.1. The third kappa shape index (κ3) is 2.27. The minimum Gasteiger partial charge on any atom is -0.282 e. The van der Waals surface area contributed by atoms with Crippen LogP contribution in [0.3, 0.4) is 0 Å². The minimum absolute atomic E-state index is 0.232. The van der Waals surface area contributed by atoms with Gasteiger partial charge in [-0.3, -0.25) is 4.55 Å². The van der Waals surface area contributed by atoms with Crippen molar-refractivity contribution in [2.24, 2.45) is 0 Å². The van der Waals surface area contributed by atoms with Gasteiger partial charge in [-0.25, -0.2) is 5.11 Å². The van der Waals surface area contributed by atoms with Crippen molar-refractivity contribution in [1.29, 1.82) is 0 Å². The summed E-state index contributed by atoms with van der Waals surface area (Å²) in [5, 5.41) is 10.6. The number of aryl methyl sites for hydroxylation is 1. The number of hydrogen-bond acceptors (Lipinski definition) is 2. The van der Waals surface area contributed by atoms with Crippen LogP contribution in [0, 0.1) is 6.92 Å². The first-order chi connectivity index (χ1) is 5.95. The highest BCUT2D eigenvalue weighted by Gasteiger charge is 2.10. The van der Waals surface area contributed by atoms with E-state index in [0.717, 1.165) is 5.56 Å². The summed E-state index contributed by atoms with van der Waals surface area (Å²) in [5.74, 6) is 0. The van der Waals surface area contributed by atoms with Crippen LogP contribution in [0.5, 0.6) is 0 Å². The first kappa shape index (κ1) is 10.2. The zero-order valence-electron chi connectivity index (χ0n) is 7.02. The van der Waals surface area contributed by atoms with Gasteiger partial charge in [-0.2, -0.15) is 8.42 Å². The van der Waals surface area contributed by atoms with E-state index in [1.165, 1.54) is 18.2 Å². The molecular weight excluding hydrogens is 192 g/mol. The fourth-order valence-corrected chi connectivity index (χ4v) is 1.49. The van der Waals surface area contributed by atoms with Crippen molar-refractivity contribution in [3.63, 3.8) is 0 Å². The molecule has 5 heteroatoms. The van der Waals surface area contributed by atoms with E-state index >= 15 is 0 Å². The van der Waals surface area contributed by atoms with Crippen molar-refractivity contribution < 1.29 is 18.1 Å². The summed E-state index contributed by atoms with van der Waals surface area (Å²) in [7, 11) is -4.19. The molecule has 0 aliphatic rings. The lowest BCUT2D eigenvalue weighted by molar-refractivity contribution is 0.177. The van der Waals surface area contributed by atoms with Crippen LogP contribution < -0.4 is 0 Å². The lowest BCUT2D eigenvalue weighted by Crippen LogP contribution is -2.00. The highest BCUT2D eigenvalue weighted by Crippen LogP contribution is 2.15. The fourth-order valence-electron chi connectivity index (χ4n) is 0.964. The summed E-state index contributed by atoms with van der Waals surface area (Å²) >= 11 is 0. The molecule has 0 amide bonds. The monoisotopic (exact) mass is 201 g/mol. The van der Waals surface area contributed by atoms with E-state index in [2.05, 4.69) is 0 Å². The normalized spacial score (nSPS) is 11.6. The molecule has 0 fully saturated rings. The lowest BCUT2D eigenvalue weighted by Gasteiger charge is -2.02. The van der Waals surface area contributed by atoms with Crippen molar-refractivity contribution in [2.45, 2.75) is 18.4 Å². The van der Waals surface area contributed by atoms with Crippen LogP contribution in [0.25, 0.3) is 0 Å². The van der Waals surface area contributed by atoms with Crippen molar-refractivity contribution in [3.8, 4) is 0 Å². The molecule has 1 rings (SSSR count). The van der Waals surface area contributed by atoms with E-state index in [1.54, 1.807) is 6.92 Å². The quantitative estimate of drug-likeness (QED) is 0.730. The average Bonchev–Trinajstić information content (AvgIpc) is 2.03. The molecule has 1 radical (unpaired) electrons. The summed E-state index contributed by atoms with van der Waals surface area (Å²) in [6, 6.07) is 3.96. The molecule has 1 N–H and O–H groups in total. The van der Waals surface area contributed by atoms with Gasteiger partial charge in [0.05, 0.1) is 4.90 Å². The molecule has 0 saturated heterocycles. The van der Waals surface area contributed by atoms with Crippen LogP contribution in [-0.2, 0) is 21.8 Å². The van der Waals surface area contributed by atoms with Gasteiger partial charge in [-0.15, -0.1) is 0 Å². The molecule has 1 aromatic carbocycles. The highest BCUT2D eigenvalue weighted by atomic mass is 32.2. The maximum atomic E-state index is 10.7. The van der Waals surface area contributed by atoms with E-state index in [-0.39, 0.29) is 4.90 Å². The van der Waals surface area contributed by atoms with Crippen LogP contribution in [0.4, 0.5) is 0 Å². The Morgan fingerprint density at radius 2 is 2.00 bits per heavy atom. The summed E-state index contributed by atoms with van der Waals surface area (Å²) in [5.41, 5.74) is 1.11. The van der Waals surface area contributed by atoms with Crippen LogP contribution in [0.15, 0.2) is 23.1 Å².